The lowest BCUT2D eigenvalue weighted by Gasteiger charge is -2.41. The summed E-state index contributed by atoms with van der Waals surface area (Å²) in [4.78, 5) is 41.7. The Morgan fingerprint density at radius 1 is 0.853 bits per heavy atom. The normalized spacial score (nSPS) is 15.9. The van der Waals surface area contributed by atoms with Crippen molar-refractivity contribution in [3.8, 4) is 0 Å². The number of anilines is 1. The van der Waals surface area contributed by atoms with E-state index in [-0.39, 0.29) is 23.8 Å². The van der Waals surface area contributed by atoms with Crippen LogP contribution in [0.5, 0.6) is 0 Å². The summed E-state index contributed by atoms with van der Waals surface area (Å²) in [5.74, 6) is -0.206. The lowest BCUT2D eigenvalue weighted by atomic mass is 10.0. The first-order chi connectivity index (χ1) is 16.5. The van der Waals surface area contributed by atoms with Crippen LogP contribution in [0.25, 0.3) is 6.08 Å². The predicted molar refractivity (Wildman–Crippen MR) is 133 cm³/mol. The molecule has 34 heavy (non-hydrogen) atoms. The molecule has 4 rings (SSSR count). The van der Waals surface area contributed by atoms with Crippen LogP contribution in [-0.4, -0.2) is 47.2 Å². The van der Waals surface area contributed by atoms with Gasteiger partial charge >= 0.3 is 6.03 Å². The van der Waals surface area contributed by atoms with Crippen LogP contribution in [0.15, 0.2) is 91.0 Å². The third-order valence-corrected chi connectivity index (χ3v) is 5.90. The fourth-order valence-corrected chi connectivity index (χ4v) is 4.11. The molecule has 1 atom stereocenters. The largest absolute Gasteiger partial charge is 0.335 e. The molecule has 6 nitrogen and oxygen atoms in total. The second kappa shape index (κ2) is 10.6. The number of ketones is 1. The number of Topliss-reactive ketones (excluding diaryl/α,β-unsaturated/α-hetero) is 1. The monoisotopic (exact) mass is 453 g/mol. The summed E-state index contributed by atoms with van der Waals surface area (Å²) in [6, 6.07) is 25.7. The van der Waals surface area contributed by atoms with Gasteiger partial charge in [-0.25, -0.2) is 4.79 Å². The maximum Gasteiger partial charge on any atom is 0.322 e. The molecule has 0 radical (unpaired) electrons. The molecule has 3 amide bonds. The van der Waals surface area contributed by atoms with Crippen molar-refractivity contribution < 1.29 is 14.4 Å². The zero-order valence-corrected chi connectivity index (χ0v) is 19.1. The quantitative estimate of drug-likeness (QED) is 0.436. The van der Waals surface area contributed by atoms with Gasteiger partial charge < -0.3 is 15.1 Å². The van der Waals surface area contributed by atoms with Crippen molar-refractivity contribution in [3.05, 3.63) is 108 Å². The highest BCUT2D eigenvalue weighted by Gasteiger charge is 2.33. The van der Waals surface area contributed by atoms with E-state index in [1.165, 1.54) is 6.92 Å². The lowest BCUT2D eigenvalue weighted by Crippen LogP contribution is -2.53. The Kier molecular flexibility index (Phi) is 7.18. The summed E-state index contributed by atoms with van der Waals surface area (Å²) in [5, 5.41) is 2.90. The Morgan fingerprint density at radius 2 is 1.50 bits per heavy atom. The minimum absolute atomic E-state index is 0.0910. The first-order valence-corrected chi connectivity index (χ1v) is 11.3. The van der Waals surface area contributed by atoms with E-state index in [9.17, 15) is 14.4 Å². The maximum absolute atomic E-state index is 13.3. The number of para-hydroxylation sites is 1. The van der Waals surface area contributed by atoms with Crippen LogP contribution >= 0.6 is 0 Å². The molecular formula is C28H27N3O3. The Balaban J connectivity index is 1.53. The van der Waals surface area contributed by atoms with Crippen LogP contribution in [0.2, 0.25) is 0 Å². The number of nitrogens with one attached hydrogen (secondary N) is 1. The van der Waals surface area contributed by atoms with E-state index in [0.717, 1.165) is 11.1 Å². The van der Waals surface area contributed by atoms with Gasteiger partial charge in [-0.3, -0.25) is 9.59 Å². The van der Waals surface area contributed by atoms with Crippen molar-refractivity contribution in [2.75, 3.05) is 25.0 Å². The fourth-order valence-electron chi connectivity index (χ4n) is 4.11. The number of hydrogen-bond acceptors (Lipinski definition) is 3. The molecule has 0 aliphatic carbocycles. The molecule has 1 aliphatic rings. The molecule has 0 aromatic heterocycles. The number of carbonyl (C=O) groups is 3. The minimum atomic E-state index is -0.312. The van der Waals surface area contributed by atoms with E-state index in [0.29, 0.717) is 30.9 Å². The molecule has 172 valence electrons. The van der Waals surface area contributed by atoms with Crippen LogP contribution in [0.3, 0.4) is 0 Å². The Bertz CT molecular complexity index is 1190. The number of piperazine rings is 1. The molecule has 0 spiro atoms. The summed E-state index contributed by atoms with van der Waals surface area (Å²) >= 11 is 0. The van der Waals surface area contributed by atoms with Gasteiger partial charge in [0.05, 0.1) is 11.7 Å². The zero-order valence-electron chi connectivity index (χ0n) is 19.1. The van der Waals surface area contributed by atoms with Crippen LogP contribution in [0.4, 0.5) is 10.5 Å². The first kappa shape index (κ1) is 23.0. The topological polar surface area (TPSA) is 69.7 Å². The van der Waals surface area contributed by atoms with Gasteiger partial charge in [0.25, 0.3) is 0 Å². The minimum Gasteiger partial charge on any atom is -0.335 e. The summed E-state index contributed by atoms with van der Waals surface area (Å²) in [6.07, 6.45) is 3.38. The fraction of sp³-hybridized carbons (Fsp3) is 0.179. The first-order valence-electron chi connectivity index (χ1n) is 11.3. The van der Waals surface area contributed by atoms with Crippen LogP contribution in [0, 0.1) is 0 Å². The van der Waals surface area contributed by atoms with E-state index in [1.807, 2.05) is 60.7 Å². The van der Waals surface area contributed by atoms with E-state index >= 15 is 0 Å². The van der Waals surface area contributed by atoms with Gasteiger partial charge in [0.2, 0.25) is 5.91 Å². The summed E-state index contributed by atoms with van der Waals surface area (Å²) in [5.41, 5.74) is 2.85. The Labute approximate surface area is 199 Å². The third kappa shape index (κ3) is 5.41. The lowest BCUT2D eigenvalue weighted by molar-refractivity contribution is -0.128. The summed E-state index contributed by atoms with van der Waals surface area (Å²) in [6.45, 7) is 2.65. The summed E-state index contributed by atoms with van der Waals surface area (Å²) in [7, 11) is 0. The van der Waals surface area contributed by atoms with Crippen molar-refractivity contribution in [3.63, 3.8) is 0 Å². The second-order valence-corrected chi connectivity index (χ2v) is 8.18. The molecule has 3 aromatic carbocycles. The molecule has 1 saturated heterocycles. The molecule has 0 saturated carbocycles. The summed E-state index contributed by atoms with van der Waals surface area (Å²) < 4.78 is 0. The highest BCUT2D eigenvalue weighted by molar-refractivity contribution is 6.03. The number of rotatable bonds is 5. The van der Waals surface area contributed by atoms with Crippen molar-refractivity contribution in [1.29, 1.82) is 0 Å². The number of urea groups is 1. The van der Waals surface area contributed by atoms with Crippen molar-refractivity contribution in [1.82, 2.24) is 9.80 Å². The number of amides is 3. The zero-order chi connectivity index (χ0) is 23.9. The number of nitrogens with zero attached hydrogens (tertiary/aromatic N) is 2. The van der Waals surface area contributed by atoms with Crippen molar-refractivity contribution in [2.45, 2.75) is 13.0 Å². The van der Waals surface area contributed by atoms with Gasteiger partial charge in [-0.15, -0.1) is 0 Å². The molecule has 0 bridgehead atoms. The molecule has 1 fully saturated rings. The highest BCUT2D eigenvalue weighted by atomic mass is 16.2. The average molecular weight is 454 g/mol. The van der Waals surface area contributed by atoms with Crippen LogP contribution < -0.4 is 5.32 Å². The van der Waals surface area contributed by atoms with Gasteiger partial charge in [0.15, 0.2) is 5.78 Å². The van der Waals surface area contributed by atoms with Gasteiger partial charge in [-0.2, -0.15) is 0 Å². The second-order valence-electron chi connectivity index (χ2n) is 8.18. The standard InChI is InChI=1S/C28H27N3O3/c1-21(32)24-14-8-9-15-25(24)29-28(34)31-19-18-30(20-26(31)23-12-6-3-7-13-23)27(33)17-16-22-10-4-2-5-11-22/h2-17,26H,18-20H2,1H3,(H,29,34). The highest BCUT2D eigenvalue weighted by Crippen LogP contribution is 2.27. The van der Waals surface area contributed by atoms with Gasteiger partial charge in [-0.1, -0.05) is 72.8 Å². The van der Waals surface area contributed by atoms with E-state index in [1.54, 1.807) is 46.2 Å². The molecule has 3 aromatic rings. The van der Waals surface area contributed by atoms with Gasteiger partial charge in [0.1, 0.15) is 0 Å². The molecule has 1 heterocycles. The van der Waals surface area contributed by atoms with Gasteiger partial charge in [-0.05, 0) is 36.3 Å². The third-order valence-electron chi connectivity index (χ3n) is 5.90. The molecule has 1 unspecified atom stereocenters. The van der Waals surface area contributed by atoms with Crippen LogP contribution in [0.1, 0.15) is 34.5 Å². The van der Waals surface area contributed by atoms with Crippen molar-refractivity contribution in [2.24, 2.45) is 0 Å². The van der Waals surface area contributed by atoms with Crippen LogP contribution in [-0.2, 0) is 4.79 Å². The van der Waals surface area contributed by atoms with E-state index in [4.69, 9.17) is 0 Å². The Morgan fingerprint density at radius 3 is 2.21 bits per heavy atom. The number of benzene rings is 3. The maximum atomic E-state index is 13.3. The van der Waals surface area contributed by atoms with E-state index < -0.39 is 0 Å². The number of hydrogen-bond donors (Lipinski definition) is 1. The average Bonchev–Trinajstić information content (AvgIpc) is 2.88. The predicted octanol–water partition coefficient (Wildman–Crippen LogP) is 5.02. The smallest absolute Gasteiger partial charge is 0.322 e. The molecule has 1 aliphatic heterocycles. The van der Waals surface area contributed by atoms with E-state index in [2.05, 4.69) is 5.32 Å². The number of carbonyl (C=O) groups excluding carboxylic acids is 3. The van der Waals surface area contributed by atoms with Crippen molar-refractivity contribution >= 4 is 29.5 Å². The van der Waals surface area contributed by atoms with Gasteiger partial charge in [0, 0.05) is 31.3 Å². The Hall–Kier alpha value is -4.19. The molecule has 6 heteroatoms. The molecular weight excluding hydrogens is 426 g/mol. The SMILES string of the molecule is CC(=O)c1ccccc1NC(=O)N1CCN(C(=O)C=Cc2ccccc2)CC1c1ccccc1. The molecule has 1 N–H and O–H groups in total.